The molecule has 3 aliphatic rings. The first-order valence-electron chi connectivity index (χ1n) is 8.57. The second kappa shape index (κ2) is 5.52. The summed E-state index contributed by atoms with van der Waals surface area (Å²) >= 11 is 0. The maximum atomic E-state index is 12.2. The highest BCUT2D eigenvalue weighted by Crippen LogP contribution is 2.41. The van der Waals surface area contributed by atoms with Crippen molar-refractivity contribution in [2.45, 2.75) is 38.5 Å². The fourth-order valence-corrected chi connectivity index (χ4v) is 4.03. The zero-order valence-electron chi connectivity index (χ0n) is 13.1. The Morgan fingerprint density at radius 2 is 1.82 bits per heavy atom. The molecular formula is C17H24N4O. The lowest BCUT2D eigenvalue weighted by molar-refractivity contribution is -0.135. The molecule has 0 bridgehead atoms. The molecule has 1 aliphatic carbocycles. The van der Waals surface area contributed by atoms with Crippen molar-refractivity contribution in [1.82, 2.24) is 14.9 Å². The zero-order chi connectivity index (χ0) is 15.0. The number of piperidine rings is 2. The summed E-state index contributed by atoms with van der Waals surface area (Å²) in [7, 11) is 0. The van der Waals surface area contributed by atoms with Gasteiger partial charge in [0.05, 0.1) is 0 Å². The monoisotopic (exact) mass is 300 g/mol. The maximum Gasteiger partial charge on any atom is 0.225 e. The normalized spacial score (nSPS) is 24.5. The quantitative estimate of drug-likeness (QED) is 0.839. The van der Waals surface area contributed by atoms with E-state index < -0.39 is 0 Å². The highest BCUT2D eigenvalue weighted by Gasteiger charge is 2.42. The Hall–Kier alpha value is -1.65. The minimum atomic E-state index is 0.356. The van der Waals surface area contributed by atoms with E-state index in [1.807, 2.05) is 18.5 Å². The molecule has 5 nitrogen and oxygen atoms in total. The molecule has 1 amide bonds. The molecule has 1 saturated carbocycles. The summed E-state index contributed by atoms with van der Waals surface area (Å²) < 4.78 is 0. The summed E-state index contributed by atoms with van der Waals surface area (Å²) in [4.78, 5) is 25.5. The number of carbonyl (C=O) groups is 1. The third kappa shape index (κ3) is 2.69. The Labute approximate surface area is 131 Å². The first-order valence-corrected chi connectivity index (χ1v) is 8.57. The van der Waals surface area contributed by atoms with Crippen LogP contribution in [0.3, 0.4) is 0 Å². The standard InChI is InChI=1S/C17H24N4O/c22-15(14-3-4-14)20-11-6-17(7-12-20)5-1-10-21(13-17)16-18-8-2-9-19-16/h2,8-9,14H,1,3-7,10-13H2. The summed E-state index contributed by atoms with van der Waals surface area (Å²) in [5.41, 5.74) is 0.359. The Balaban J connectivity index is 1.41. The van der Waals surface area contributed by atoms with Crippen molar-refractivity contribution in [3.63, 3.8) is 0 Å². The first kappa shape index (κ1) is 14.0. The van der Waals surface area contributed by atoms with Crippen LogP contribution >= 0.6 is 0 Å². The average molecular weight is 300 g/mol. The second-order valence-corrected chi connectivity index (χ2v) is 7.17. The molecule has 0 N–H and O–H groups in total. The minimum absolute atomic E-state index is 0.356. The van der Waals surface area contributed by atoms with Gasteiger partial charge in [0, 0.05) is 44.5 Å². The van der Waals surface area contributed by atoms with Crippen LogP contribution in [-0.4, -0.2) is 47.0 Å². The molecule has 5 heteroatoms. The van der Waals surface area contributed by atoms with Crippen LogP contribution in [0.2, 0.25) is 0 Å². The Bertz CT molecular complexity index is 535. The number of anilines is 1. The Kier molecular flexibility index (Phi) is 3.51. The van der Waals surface area contributed by atoms with E-state index in [0.717, 1.165) is 57.8 Å². The van der Waals surface area contributed by atoms with E-state index in [4.69, 9.17) is 0 Å². The van der Waals surface area contributed by atoms with E-state index in [-0.39, 0.29) is 0 Å². The topological polar surface area (TPSA) is 49.3 Å². The van der Waals surface area contributed by atoms with Crippen molar-refractivity contribution in [1.29, 1.82) is 0 Å². The number of hydrogen-bond donors (Lipinski definition) is 0. The fraction of sp³-hybridized carbons (Fsp3) is 0.706. The van der Waals surface area contributed by atoms with Gasteiger partial charge in [-0.1, -0.05) is 0 Å². The van der Waals surface area contributed by atoms with Crippen molar-refractivity contribution in [3.05, 3.63) is 18.5 Å². The summed E-state index contributed by atoms with van der Waals surface area (Å²) in [6.07, 6.45) is 10.6. The van der Waals surface area contributed by atoms with Gasteiger partial charge in [-0.2, -0.15) is 0 Å². The molecule has 0 atom stereocenters. The van der Waals surface area contributed by atoms with E-state index >= 15 is 0 Å². The van der Waals surface area contributed by atoms with Crippen LogP contribution < -0.4 is 4.90 Å². The molecule has 4 rings (SSSR count). The van der Waals surface area contributed by atoms with Gasteiger partial charge >= 0.3 is 0 Å². The Morgan fingerprint density at radius 3 is 2.50 bits per heavy atom. The van der Waals surface area contributed by atoms with E-state index in [1.54, 1.807) is 0 Å². The smallest absolute Gasteiger partial charge is 0.225 e. The molecule has 118 valence electrons. The van der Waals surface area contributed by atoms with Gasteiger partial charge in [-0.25, -0.2) is 9.97 Å². The van der Waals surface area contributed by atoms with Gasteiger partial charge in [0.15, 0.2) is 0 Å². The number of hydrogen-bond acceptors (Lipinski definition) is 4. The van der Waals surface area contributed by atoms with Crippen LogP contribution in [0.4, 0.5) is 5.95 Å². The molecule has 2 saturated heterocycles. The summed E-state index contributed by atoms with van der Waals surface area (Å²) in [5.74, 6) is 1.63. The van der Waals surface area contributed by atoms with E-state index in [1.165, 1.54) is 12.8 Å². The molecular weight excluding hydrogens is 276 g/mol. The Morgan fingerprint density at radius 1 is 1.09 bits per heavy atom. The van der Waals surface area contributed by atoms with Gasteiger partial charge in [0.25, 0.3) is 0 Å². The third-order valence-electron chi connectivity index (χ3n) is 5.56. The number of aromatic nitrogens is 2. The highest BCUT2D eigenvalue weighted by atomic mass is 16.2. The number of nitrogens with zero attached hydrogens (tertiary/aromatic N) is 4. The molecule has 0 radical (unpaired) electrons. The van der Waals surface area contributed by atoms with Gasteiger partial charge < -0.3 is 9.80 Å². The first-order chi connectivity index (χ1) is 10.8. The van der Waals surface area contributed by atoms with Gasteiger partial charge in [-0.3, -0.25) is 4.79 Å². The van der Waals surface area contributed by atoms with Crippen molar-refractivity contribution >= 4 is 11.9 Å². The maximum absolute atomic E-state index is 12.2. The lowest BCUT2D eigenvalue weighted by atomic mass is 9.72. The number of amides is 1. The van der Waals surface area contributed by atoms with Crippen LogP contribution in [0.15, 0.2) is 18.5 Å². The highest BCUT2D eigenvalue weighted by molar-refractivity contribution is 5.81. The molecule has 3 fully saturated rings. The number of likely N-dealkylation sites (tertiary alicyclic amines) is 1. The van der Waals surface area contributed by atoms with Crippen molar-refractivity contribution < 1.29 is 4.79 Å². The summed E-state index contributed by atoms with van der Waals surface area (Å²) in [6, 6.07) is 1.87. The van der Waals surface area contributed by atoms with Crippen LogP contribution in [0.25, 0.3) is 0 Å². The predicted molar refractivity (Wildman–Crippen MR) is 84.5 cm³/mol. The molecule has 2 aliphatic heterocycles. The average Bonchev–Trinajstić information content (AvgIpc) is 3.41. The van der Waals surface area contributed by atoms with E-state index in [9.17, 15) is 4.79 Å². The zero-order valence-corrected chi connectivity index (χ0v) is 13.1. The van der Waals surface area contributed by atoms with Crippen LogP contribution in [0.1, 0.15) is 38.5 Å². The number of carbonyl (C=O) groups excluding carboxylic acids is 1. The summed E-state index contributed by atoms with van der Waals surface area (Å²) in [6.45, 7) is 3.98. The third-order valence-corrected chi connectivity index (χ3v) is 5.56. The molecule has 1 spiro atoms. The van der Waals surface area contributed by atoms with Crippen molar-refractivity contribution in [3.8, 4) is 0 Å². The molecule has 22 heavy (non-hydrogen) atoms. The van der Waals surface area contributed by atoms with Gasteiger partial charge in [-0.15, -0.1) is 0 Å². The van der Waals surface area contributed by atoms with Crippen molar-refractivity contribution in [2.75, 3.05) is 31.1 Å². The van der Waals surface area contributed by atoms with Gasteiger partial charge in [-0.05, 0) is 50.0 Å². The number of rotatable bonds is 2. The van der Waals surface area contributed by atoms with E-state index in [2.05, 4.69) is 19.8 Å². The summed E-state index contributed by atoms with van der Waals surface area (Å²) in [5, 5.41) is 0. The predicted octanol–water partition coefficient (Wildman–Crippen LogP) is 2.10. The molecule has 0 aromatic carbocycles. The molecule has 0 unspecified atom stereocenters. The van der Waals surface area contributed by atoms with Gasteiger partial charge in [0.2, 0.25) is 11.9 Å². The minimum Gasteiger partial charge on any atom is -0.342 e. The molecule has 1 aromatic heterocycles. The van der Waals surface area contributed by atoms with E-state index in [0.29, 0.717) is 17.2 Å². The molecule has 3 heterocycles. The van der Waals surface area contributed by atoms with Crippen LogP contribution in [-0.2, 0) is 4.79 Å². The lowest BCUT2D eigenvalue weighted by Crippen LogP contribution is -2.51. The largest absolute Gasteiger partial charge is 0.342 e. The van der Waals surface area contributed by atoms with Gasteiger partial charge in [0.1, 0.15) is 0 Å². The van der Waals surface area contributed by atoms with Crippen molar-refractivity contribution in [2.24, 2.45) is 11.3 Å². The fourth-order valence-electron chi connectivity index (χ4n) is 4.03. The SMILES string of the molecule is O=C(C1CC1)N1CCC2(CCCN(c3ncccn3)C2)CC1. The molecule has 1 aromatic rings. The lowest BCUT2D eigenvalue weighted by Gasteiger charge is -2.47. The van der Waals surface area contributed by atoms with Crippen LogP contribution in [0, 0.1) is 11.3 Å². The van der Waals surface area contributed by atoms with Crippen LogP contribution in [0.5, 0.6) is 0 Å². The second-order valence-electron chi connectivity index (χ2n) is 7.17.